The summed E-state index contributed by atoms with van der Waals surface area (Å²) in [6.07, 6.45) is -0.176. The number of rotatable bonds is 4. The summed E-state index contributed by atoms with van der Waals surface area (Å²) in [5, 5.41) is 0. The number of hydrogen-bond acceptors (Lipinski definition) is 2. The number of hydrogen-bond donors (Lipinski definition) is 1. The second-order valence-corrected chi connectivity index (χ2v) is 4.29. The Hall–Kier alpha value is 0.100. The van der Waals surface area contributed by atoms with Crippen LogP contribution in [0.1, 0.15) is 25.7 Å². The summed E-state index contributed by atoms with van der Waals surface area (Å²) in [5.74, 6) is 0.616. The van der Waals surface area contributed by atoms with Gasteiger partial charge in [0.2, 0.25) is 0 Å². The molecule has 0 aliphatic heterocycles. The molecule has 0 amide bonds. The first-order valence-corrected chi connectivity index (χ1v) is 5.36. The summed E-state index contributed by atoms with van der Waals surface area (Å²) in [4.78, 5) is 0. The van der Waals surface area contributed by atoms with Crippen LogP contribution in [0.25, 0.3) is 0 Å². The molecule has 0 saturated heterocycles. The molecule has 0 spiro atoms. The van der Waals surface area contributed by atoms with Crippen molar-refractivity contribution in [2.75, 3.05) is 19.0 Å². The largest absolute Gasteiger partial charge is 0.411 e. The molecule has 5 heteroatoms. The third-order valence-corrected chi connectivity index (χ3v) is 3.34. The Kier molecular flexibility index (Phi) is 4.13. The number of alkyl halides is 3. The SMILES string of the molecule is FC(F)(F)COCC1(CS)CCCC1. The van der Waals surface area contributed by atoms with E-state index < -0.39 is 12.8 Å². The molecule has 0 atom stereocenters. The third kappa shape index (κ3) is 3.69. The molecular weight excluding hydrogens is 213 g/mol. The first-order valence-electron chi connectivity index (χ1n) is 4.73. The monoisotopic (exact) mass is 228 g/mol. The average molecular weight is 228 g/mol. The maximum atomic E-state index is 11.8. The van der Waals surface area contributed by atoms with Gasteiger partial charge in [-0.2, -0.15) is 25.8 Å². The summed E-state index contributed by atoms with van der Waals surface area (Å²) in [7, 11) is 0. The van der Waals surface area contributed by atoms with Crippen LogP contribution in [0.3, 0.4) is 0 Å². The molecule has 1 saturated carbocycles. The Bertz CT molecular complexity index is 175. The van der Waals surface area contributed by atoms with Gasteiger partial charge < -0.3 is 4.74 Å². The molecular formula is C9H15F3OS. The maximum Gasteiger partial charge on any atom is 0.411 e. The second-order valence-electron chi connectivity index (χ2n) is 3.97. The summed E-state index contributed by atoms with van der Waals surface area (Å²) in [5.41, 5.74) is -0.103. The van der Waals surface area contributed by atoms with Crippen LogP contribution in [0.2, 0.25) is 0 Å². The van der Waals surface area contributed by atoms with E-state index in [1.54, 1.807) is 0 Å². The number of halogens is 3. The predicted octanol–water partition coefficient (Wildman–Crippen LogP) is 3.06. The van der Waals surface area contributed by atoms with Gasteiger partial charge >= 0.3 is 6.18 Å². The second kappa shape index (κ2) is 4.75. The van der Waals surface area contributed by atoms with Gasteiger partial charge in [0, 0.05) is 5.41 Å². The van der Waals surface area contributed by atoms with Crippen molar-refractivity contribution in [3.63, 3.8) is 0 Å². The normalized spacial score (nSPS) is 21.4. The zero-order chi connectivity index (χ0) is 10.7. The fraction of sp³-hybridized carbons (Fsp3) is 1.00. The van der Waals surface area contributed by atoms with E-state index in [9.17, 15) is 13.2 Å². The molecule has 0 aromatic rings. The van der Waals surface area contributed by atoms with E-state index in [0.29, 0.717) is 5.75 Å². The quantitative estimate of drug-likeness (QED) is 0.728. The Morgan fingerprint density at radius 2 is 1.79 bits per heavy atom. The van der Waals surface area contributed by atoms with E-state index in [0.717, 1.165) is 25.7 Å². The predicted molar refractivity (Wildman–Crippen MR) is 51.6 cm³/mol. The Labute approximate surface area is 87.4 Å². The van der Waals surface area contributed by atoms with Crippen LogP contribution in [0.4, 0.5) is 13.2 Å². The zero-order valence-electron chi connectivity index (χ0n) is 7.94. The molecule has 0 N–H and O–H groups in total. The lowest BCUT2D eigenvalue weighted by atomic mass is 9.90. The Morgan fingerprint density at radius 1 is 1.21 bits per heavy atom. The average Bonchev–Trinajstić information content (AvgIpc) is 2.52. The van der Waals surface area contributed by atoms with E-state index in [1.807, 2.05) is 0 Å². The first kappa shape index (κ1) is 12.2. The standard InChI is InChI=1S/C9H15F3OS/c10-9(11,12)6-13-5-8(7-14)3-1-2-4-8/h14H,1-7H2. The van der Waals surface area contributed by atoms with Gasteiger partial charge in [-0.1, -0.05) is 12.8 Å². The van der Waals surface area contributed by atoms with Gasteiger partial charge in [-0.25, -0.2) is 0 Å². The van der Waals surface area contributed by atoms with Crippen LogP contribution in [0.5, 0.6) is 0 Å². The molecule has 1 rings (SSSR count). The molecule has 1 nitrogen and oxygen atoms in total. The highest BCUT2D eigenvalue weighted by molar-refractivity contribution is 7.80. The molecule has 0 aromatic carbocycles. The molecule has 84 valence electrons. The van der Waals surface area contributed by atoms with E-state index in [-0.39, 0.29) is 12.0 Å². The fourth-order valence-corrected chi connectivity index (χ4v) is 2.26. The molecule has 1 fully saturated rings. The maximum absolute atomic E-state index is 11.8. The van der Waals surface area contributed by atoms with Crippen LogP contribution >= 0.6 is 12.6 Å². The molecule has 0 heterocycles. The molecule has 0 aromatic heterocycles. The molecule has 14 heavy (non-hydrogen) atoms. The van der Waals surface area contributed by atoms with Crippen molar-refractivity contribution in [3.8, 4) is 0 Å². The van der Waals surface area contributed by atoms with E-state index in [2.05, 4.69) is 12.6 Å². The smallest absolute Gasteiger partial charge is 0.371 e. The van der Waals surface area contributed by atoms with Crippen molar-refractivity contribution in [1.82, 2.24) is 0 Å². The van der Waals surface area contributed by atoms with Crippen LogP contribution in [0, 0.1) is 5.41 Å². The highest BCUT2D eigenvalue weighted by Crippen LogP contribution is 2.39. The van der Waals surface area contributed by atoms with Crippen molar-refractivity contribution < 1.29 is 17.9 Å². The van der Waals surface area contributed by atoms with Crippen molar-refractivity contribution in [2.45, 2.75) is 31.9 Å². The lowest BCUT2D eigenvalue weighted by Crippen LogP contribution is -2.28. The summed E-state index contributed by atoms with van der Waals surface area (Å²) < 4.78 is 40.1. The topological polar surface area (TPSA) is 9.23 Å². The fourth-order valence-electron chi connectivity index (χ4n) is 1.86. The van der Waals surface area contributed by atoms with Gasteiger partial charge in [0.25, 0.3) is 0 Å². The van der Waals surface area contributed by atoms with Crippen molar-refractivity contribution in [2.24, 2.45) is 5.41 Å². The summed E-state index contributed by atoms with van der Waals surface area (Å²) in [6, 6.07) is 0. The van der Waals surface area contributed by atoms with Crippen LogP contribution in [0.15, 0.2) is 0 Å². The van der Waals surface area contributed by atoms with Crippen LogP contribution in [-0.2, 0) is 4.74 Å². The Morgan fingerprint density at radius 3 is 2.21 bits per heavy atom. The van der Waals surface area contributed by atoms with Gasteiger partial charge in [-0.05, 0) is 18.6 Å². The van der Waals surface area contributed by atoms with E-state index >= 15 is 0 Å². The lowest BCUT2D eigenvalue weighted by molar-refractivity contribution is -0.179. The van der Waals surface area contributed by atoms with Crippen molar-refractivity contribution in [1.29, 1.82) is 0 Å². The van der Waals surface area contributed by atoms with Crippen LogP contribution < -0.4 is 0 Å². The highest BCUT2D eigenvalue weighted by atomic mass is 32.1. The first-order chi connectivity index (χ1) is 6.47. The Balaban J connectivity index is 2.28. The minimum atomic E-state index is -4.21. The number of thiol groups is 1. The van der Waals surface area contributed by atoms with Gasteiger partial charge in [-0.3, -0.25) is 0 Å². The molecule has 0 radical (unpaired) electrons. The van der Waals surface area contributed by atoms with Gasteiger partial charge in [0.05, 0.1) is 6.61 Å². The molecule has 0 bridgehead atoms. The summed E-state index contributed by atoms with van der Waals surface area (Å²) >= 11 is 4.19. The molecule has 0 unspecified atom stereocenters. The summed E-state index contributed by atoms with van der Waals surface area (Å²) in [6.45, 7) is -0.946. The van der Waals surface area contributed by atoms with E-state index in [1.165, 1.54) is 0 Å². The lowest BCUT2D eigenvalue weighted by Gasteiger charge is -2.26. The van der Waals surface area contributed by atoms with Crippen LogP contribution in [-0.4, -0.2) is 25.1 Å². The van der Waals surface area contributed by atoms with Crippen molar-refractivity contribution >= 4 is 12.6 Å². The molecule has 1 aliphatic carbocycles. The molecule has 1 aliphatic rings. The zero-order valence-corrected chi connectivity index (χ0v) is 8.83. The minimum absolute atomic E-state index is 0.103. The third-order valence-electron chi connectivity index (χ3n) is 2.67. The highest BCUT2D eigenvalue weighted by Gasteiger charge is 2.35. The van der Waals surface area contributed by atoms with Gasteiger partial charge in [-0.15, -0.1) is 0 Å². The minimum Gasteiger partial charge on any atom is -0.371 e. The van der Waals surface area contributed by atoms with E-state index in [4.69, 9.17) is 4.74 Å². The van der Waals surface area contributed by atoms with Crippen molar-refractivity contribution in [3.05, 3.63) is 0 Å². The number of ether oxygens (including phenoxy) is 1. The van der Waals surface area contributed by atoms with Gasteiger partial charge in [0.15, 0.2) is 0 Å². The van der Waals surface area contributed by atoms with Gasteiger partial charge in [0.1, 0.15) is 6.61 Å².